The third-order valence-corrected chi connectivity index (χ3v) is 5.77. The number of aromatic nitrogens is 2. The molecule has 1 aliphatic heterocycles. The number of carbonyl (C=O) groups excluding carboxylic acids is 1. The predicted molar refractivity (Wildman–Crippen MR) is 123 cm³/mol. The van der Waals surface area contributed by atoms with E-state index in [9.17, 15) is 4.79 Å². The fraction of sp³-hybridized carbons (Fsp3) is 0.333. The molecule has 0 spiro atoms. The van der Waals surface area contributed by atoms with E-state index in [4.69, 9.17) is 14.2 Å². The minimum atomic E-state index is -0.106. The first-order valence-electron chi connectivity index (χ1n) is 10.6. The van der Waals surface area contributed by atoms with Gasteiger partial charge in [-0.3, -0.25) is 9.89 Å². The molecule has 168 valence electrons. The molecule has 8 heteroatoms. The van der Waals surface area contributed by atoms with Crippen LogP contribution < -0.4 is 24.4 Å². The Kier molecular flexibility index (Phi) is 6.49. The number of carbonyl (C=O) groups is 1. The minimum Gasteiger partial charge on any atom is -0.497 e. The molecule has 1 amide bonds. The van der Waals surface area contributed by atoms with Crippen LogP contribution in [0.4, 0.5) is 5.82 Å². The summed E-state index contributed by atoms with van der Waals surface area (Å²) in [5.74, 6) is 2.78. The Morgan fingerprint density at radius 3 is 2.34 bits per heavy atom. The van der Waals surface area contributed by atoms with Crippen molar-refractivity contribution in [2.24, 2.45) is 0 Å². The average Bonchev–Trinajstić information content (AvgIpc) is 3.34. The van der Waals surface area contributed by atoms with E-state index in [1.54, 1.807) is 39.5 Å². The monoisotopic (exact) mass is 436 g/mol. The normalized spacial score (nSPS) is 14.2. The van der Waals surface area contributed by atoms with Crippen LogP contribution in [-0.4, -0.2) is 56.6 Å². The van der Waals surface area contributed by atoms with E-state index in [0.717, 1.165) is 48.8 Å². The van der Waals surface area contributed by atoms with Crippen molar-refractivity contribution in [3.8, 4) is 28.5 Å². The lowest BCUT2D eigenvalue weighted by atomic mass is 10.0. The fourth-order valence-corrected chi connectivity index (χ4v) is 3.89. The second-order valence-electron chi connectivity index (χ2n) is 7.67. The molecule has 2 heterocycles. The Morgan fingerprint density at radius 2 is 1.69 bits per heavy atom. The minimum absolute atomic E-state index is 0.106. The van der Waals surface area contributed by atoms with E-state index in [1.807, 2.05) is 24.3 Å². The number of hydrogen-bond acceptors (Lipinski definition) is 6. The number of anilines is 1. The molecule has 2 aromatic carbocycles. The first kappa shape index (κ1) is 21.5. The van der Waals surface area contributed by atoms with E-state index in [-0.39, 0.29) is 11.9 Å². The van der Waals surface area contributed by atoms with E-state index in [0.29, 0.717) is 17.1 Å². The standard InChI is InChI=1S/C24H28N4O4/c1-30-19-7-4-16(5-8-19)20-15-23(27-26-20)28-12-10-18(11-13-28)25-24(29)17-6-9-21(31-2)22(14-17)32-3/h4-9,14-15,18H,10-13H2,1-3H3,(H,25,29)(H,26,27). The molecule has 0 saturated carbocycles. The van der Waals surface area contributed by atoms with Crippen molar-refractivity contribution in [3.05, 3.63) is 54.1 Å². The quantitative estimate of drug-likeness (QED) is 0.589. The molecule has 1 aliphatic rings. The van der Waals surface area contributed by atoms with Crippen molar-refractivity contribution >= 4 is 11.7 Å². The first-order valence-corrected chi connectivity index (χ1v) is 10.6. The predicted octanol–water partition coefficient (Wildman–Crippen LogP) is 3.50. The van der Waals surface area contributed by atoms with Crippen molar-refractivity contribution in [1.82, 2.24) is 15.5 Å². The zero-order valence-electron chi connectivity index (χ0n) is 18.6. The third kappa shape index (κ3) is 4.64. The van der Waals surface area contributed by atoms with E-state index >= 15 is 0 Å². The van der Waals surface area contributed by atoms with Gasteiger partial charge in [-0.15, -0.1) is 0 Å². The van der Waals surface area contributed by atoms with Gasteiger partial charge >= 0.3 is 0 Å². The summed E-state index contributed by atoms with van der Waals surface area (Å²) in [7, 11) is 4.79. The number of methoxy groups -OCH3 is 3. The molecule has 1 saturated heterocycles. The summed E-state index contributed by atoms with van der Waals surface area (Å²) in [4.78, 5) is 14.9. The van der Waals surface area contributed by atoms with Crippen molar-refractivity contribution in [1.29, 1.82) is 0 Å². The number of aromatic amines is 1. The lowest BCUT2D eigenvalue weighted by Gasteiger charge is -2.32. The highest BCUT2D eigenvalue weighted by molar-refractivity contribution is 5.95. The van der Waals surface area contributed by atoms with Gasteiger partial charge < -0.3 is 24.4 Å². The smallest absolute Gasteiger partial charge is 0.251 e. The molecular weight excluding hydrogens is 408 g/mol. The topological polar surface area (TPSA) is 88.7 Å². The lowest BCUT2D eigenvalue weighted by molar-refractivity contribution is 0.0930. The summed E-state index contributed by atoms with van der Waals surface area (Å²) in [6.45, 7) is 1.65. The van der Waals surface area contributed by atoms with Crippen LogP contribution >= 0.6 is 0 Å². The van der Waals surface area contributed by atoms with E-state index < -0.39 is 0 Å². The highest BCUT2D eigenvalue weighted by Gasteiger charge is 2.23. The van der Waals surface area contributed by atoms with Crippen LogP contribution in [0.15, 0.2) is 48.5 Å². The maximum atomic E-state index is 12.7. The number of nitrogens with one attached hydrogen (secondary N) is 2. The van der Waals surface area contributed by atoms with Crippen LogP contribution in [0.2, 0.25) is 0 Å². The van der Waals surface area contributed by atoms with Gasteiger partial charge in [0.15, 0.2) is 17.3 Å². The van der Waals surface area contributed by atoms with Crippen LogP contribution in [-0.2, 0) is 0 Å². The fourth-order valence-electron chi connectivity index (χ4n) is 3.89. The highest BCUT2D eigenvalue weighted by Crippen LogP contribution is 2.28. The number of H-pyrrole nitrogens is 1. The van der Waals surface area contributed by atoms with E-state index in [1.165, 1.54) is 0 Å². The number of ether oxygens (including phenoxy) is 3. The van der Waals surface area contributed by atoms with Gasteiger partial charge in [-0.2, -0.15) is 5.10 Å². The van der Waals surface area contributed by atoms with E-state index in [2.05, 4.69) is 26.5 Å². The van der Waals surface area contributed by atoms with Gasteiger partial charge in [-0.1, -0.05) is 0 Å². The highest BCUT2D eigenvalue weighted by atomic mass is 16.5. The molecule has 32 heavy (non-hydrogen) atoms. The molecule has 0 unspecified atom stereocenters. The Morgan fingerprint density at radius 1 is 0.969 bits per heavy atom. The summed E-state index contributed by atoms with van der Waals surface area (Å²) >= 11 is 0. The van der Waals surface area contributed by atoms with Crippen molar-refractivity contribution < 1.29 is 19.0 Å². The molecule has 0 radical (unpaired) electrons. The number of piperidine rings is 1. The largest absolute Gasteiger partial charge is 0.497 e. The molecule has 8 nitrogen and oxygen atoms in total. The van der Waals surface area contributed by atoms with Crippen molar-refractivity contribution in [3.63, 3.8) is 0 Å². The Balaban J connectivity index is 1.33. The summed E-state index contributed by atoms with van der Waals surface area (Å²) in [6, 6.07) is 15.2. The second-order valence-corrected chi connectivity index (χ2v) is 7.67. The molecule has 0 bridgehead atoms. The summed E-state index contributed by atoms with van der Waals surface area (Å²) < 4.78 is 15.8. The SMILES string of the molecule is COc1ccc(-c2cc(N3CCC(NC(=O)c4ccc(OC)c(OC)c4)CC3)n[nH]2)cc1. The summed E-state index contributed by atoms with van der Waals surface area (Å²) in [5.41, 5.74) is 2.58. The van der Waals surface area contributed by atoms with Crippen LogP contribution in [0.5, 0.6) is 17.2 Å². The van der Waals surface area contributed by atoms with Crippen molar-refractivity contribution in [2.45, 2.75) is 18.9 Å². The Hall–Kier alpha value is -3.68. The number of hydrogen-bond donors (Lipinski definition) is 2. The molecule has 4 rings (SSSR count). The van der Waals surface area contributed by atoms with Gasteiger partial charge in [-0.05, 0) is 60.9 Å². The lowest BCUT2D eigenvalue weighted by Crippen LogP contribution is -2.44. The second kappa shape index (κ2) is 9.64. The van der Waals surface area contributed by atoms with Gasteiger partial charge in [0.05, 0.1) is 27.0 Å². The average molecular weight is 437 g/mol. The molecule has 0 aliphatic carbocycles. The Bertz CT molecular complexity index is 1060. The molecule has 3 aromatic rings. The van der Waals surface area contributed by atoms with Gasteiger partial charge in [-0.25, -0.2) is 0 Å². The van der Waals surface area contributed by atoms with Crippen molar-refractivity contribution in [2.75, 3.05) is 39.3 Å². The number of benzene rings is 2. The van der Waals surface area contributed by atoms with Crippen LogP contribution in [0, 0.1) is 0 Å². The molecule has 1 aromatic heterocycles. The summed E-state index contributed by atoms with van der Waals surface area (Å²) in [5, 5.41) is 10.7. The number of amides is 1. The number of rotatable bonds is 7. The molecule has 0 atom stereocenters. The van der Waals surface area contributed by atoms with Crippen LogP contribution in [0.25, 0.3) is 11.3 Å². The Labute approximate surface area is 187 Å². The molecular formula is C24H28N4O4. The zero-order valence-corrected chi connectivity index (χ0v) is 18.6. The maximum Gasteiger partial charge on any atom is 0.251 e. The summed E-state index contributed by atoms with van der Waals surface area (Å²) in [6.07, 6.45) is 1.70. The van der Waals surface area contributed by atoms with Gasteiger partial charge in [0.25, 0.3) is 5.91 Å². The van der Waals surface area contributed by atoms with Gasteiger partial charge in [0, 0.05) is 30.8 Å². The molecule has 2 N–H and O–H groups in total. The first-order chi connectivity index (χ1) is 15.6. The zero-order chi connectivity index (χ0) is 22.5. The third-order valence-electron chi connectivity index (χ3n) is 5.77. The van der Waals surface area contributed by atoms with Gasteiger partial charge in [0.1, 0.15) is 5.75 Å². The van der Waals surface area contributed by atoms with Gasteiger partial charge in [0.2, 0.25) is 0 Å². The number of nitrogens with zero attached hydrogens (tertiary/aromatic N) is 2. The maximum absolute atomic E-state index is 12.7. The van der Waals surface area contributed by atoms with Crippen LogP contribution in [0.1, 0.15) is 23.2 Å². The molecule has 1 fully saturated rings. The van der Waals surface area contributed by atoms with Crippen LogP contribution in [0.3, 0.4) is 0 Å².